The molecule has 0 aromatic heterocycles. The number of hydrogen-bond donors (Lipinski definition) is 0. The zero-order valence-electron chi connectivity index (χ0n) is 32.2. The van der Waals surface area contributed by atoms with Gasteiger partial charge in [-0.15, -0.1) is 0 Å². The van der Waals surface area contributed by atoms with E-state index in [1.807, 2.05) is 0 Å². The molecule has 0 saturated heterocycles. The molecule has 0 saturated carbocycles. The van der Waals surface area contributed by atoms with Gasteiger partial charge in [0.25, 0.3) is 0 Å². The van der Waals surface area contributed by atoms with Crippen LogP contribution in [0, 0.1) is 0 Å². The molecule has 0 radical (unpaired) electrons. The highest BCUT2D eigenvalue weighted by Gasteiger charge is 2.14. The predicted molar refractivity (Wildman–Crippen MR) is 206 cm³/mol. The van der Waals surface area contributed by atoms with Gasteiger partial charge in [0, 0.05) is 6.42 Å². The van der Waals surface area contributed by atoms with Crippen LogP contribution in [0.25, 0.3) is 0 Å². The second-order valence-corrected chi connectivity index (χ2v) is 14.8. The summed E-state index contributed by atoms with van der Waals surface area (Å²) in [4.78, 5) is 14.7. The van der Waals surface area contributed by atoms with Gasteiger partial charge >= 0.3 is 5.97 Å². The Labute approximate surface area is 290 Å². The Morgan fingerprint density at radius 1 is 0.478 bits per heavy atom. The maximum Gasteiger partial charge on any atom is 0.306 e. The first-order valence-electron chi connectivity index (χ1n) is 21.1. The molecule has 0 rings (SSSR count). The molecule has 0 aliphatic carbocycles. The lowest BCUT2D eigenvalue weighted by Crippen LogP contribution is -2.20. The molecule has 46 heavy (non-hydrogen) atoms. The van der Waals surface area contributed by atoms with Gasteiger partial charge < -0.3 is 9.64 Å². The van der Waals surface area contributed by atoms with E-state index in [1.165, 1.54) is 193 Å². The van der Waals surface area contributed by atoms with Gasteiger partial charge in [-0.1, -0.05) is 180 Å². The third-order valence-electron chi connectivity index (χ3n) is 9.70. The minimum atomic E-state index is 0.0212. The van der Waals surface area contributed by atoms with Crippen molar-refractivity contribution in [3.05, 3.63) is 12.2 Å². The lowest BCUT2D eigenvalue weighted by molar-refractivity contribution is -0.150. The van der Waals surface area contributed by atoms with Crippen LogP contribution < -0.4 is 0 Å². The van der Waals surface area contributed by atoms with Gasteiger partial charge in [-0.05, 0) is 78.4 Å². The molecule has 0 aliphatic rings. The van der Waals surface area contributed by atoms with Crippen LogP contribution in [0.4, 0.5) is 0 Å². The quantitative estimate of drug-likeness (QED) is 0.0379. The number of allylic oxidation sites excluding steroid dienone is 2. The summed E-state index contributed by atoms with van der Waals surface area (Å²) in [6.07, 6.45) is 49.6. The summed E-state index contributed by atoms with van der Waals surface area (Å²) >= 11 is 0. The summed E-state index contributed by atoms with van der Waals surface area (Å²) in [5.41, 5.74) is 0. The molecule has 0 heterocycles. The Hall–Kier alpha value is -0.830. The van der Waals surface area contributed by atoms with Crippen molar-refractivity contribution in [3.63, 3.8) is 0 Å². The Morgan fingerprint density at radius 2 is 0.804 bits per heavy atom. The van der Waals surface area contributed by atoms with E-state index < -0.39 is 0 Å². The number of rotatable bonds is 38. The summed E-state index contributed by atoms with van der Waals surface area (Å²) in [5.74, 6) is 0.0212. The summed E-state index contributed by atoms with van der Waals surface area (Å²) in [6.45, 7) is 5.54. The Kier molecular flexibility index (Phi) is 37.9. The van der Waals surface area contributed by atoms with Crippen molar-refractivity contribution in [3.8, 4) is 0 Å². The van der Waals surface area contributed by atoms with Crippen molar-refractivity contribution < 1.29 is 9.53 Å². The maximum atomic E-state index is 12.5. The second-order valence-electron chi connectivity index (χ2n) is 14.8. The average molecular weight is 648 g/mol. The van der Waals surface area contributed by atoms with Crippen LogP contribution in [-0.4, -0.2) is 37.6 Å². The van der Waals surface area contributed by atoms with Gasteiger partial charge in [0.1, 0.15) is 6.10 Å². The minimum Gasteiger partial charge on any atom is -0.462 e. The lowest BCUT2D eigenvalue weighted by atomic mass is 10.0. The molecule has 0 aromatic rings. The number of hydrogen-bond acceptors (Lipinski definition) is 3. The van der Waals surface area contributed by atoms with Crippen molar-refractivity contribution in [1.82, 2.24) is 4.90 Å². The first-order chi connectivity index (χ1) is 22.6. The van der Waals surface area contributed by atoms with Crippen LogP contribution in [0.2, 0.25) is 0 Å². The Bertz CT molecular complexity index is 616. The van der Waals surface area contributed by atoms with Crippen LogP contribution in [0.3, 0.4) is 0 Å². The molecule has 0 amide bonds. The molecule has 3 nitrogen and oxygen atoms in total. The molecule has 0 spiro atoms. The Balaban J connectivity index is 3.90. The molecule has 3 heteroatoms. The largest absolute Gasteiger partial charge is 0.462 e. The normalized spacial score (nSPS) is 12.5. The van der Waals surface area contributed by atoms with Gasteiger partial charge in [-0.2, -0.15) is 0 Å². The SMILES string of the molecule is CCCCCCCC/C=C\CCCCCCCCC(CCCCCCCCCCCCCCCCCC)OC(=O)CCCN(C)C. The van der Waals surface area contributed by atoms with Gasteiger partial charge in [0.15, 0.2) is 0 Å². The monoisotopic (exact) mass is 648 g/mol. The zero-order chi connectivity index (χ0) is 33.6. The number of ether oxygens (including phenoxy) is 1. The highest BCUT2D eigenvalue weighted by atomic mass is 16.5. The second kappa shape index (κ2) is 38.6. The molecule has 0 fully saturated rings. The number of nitrogens with zero attached hydrogens (tertiary/aromatic N) is 1. The van der Waals surface area contributed by atoms with Crippen LogP contribution >= 0.6 is 0 Å². The highest BCUT2D eigenvalue weighted by Crippen LogP contribution is 2.19. The molecule has 0 N–H and O–H groups in total. The first kappa shape index (κ1) is 45.2. The number of carbonyl (C=O) groups is 1. The van der Waals surface area contributed by atoms with Crippen LogP contribution in [0.15, 0.2) is 12.2 Å². The van der Waals surface area contributed by atoms with Crippen molar-refractivity contribution in [2.75, 3.05) is 20.6 Å². The third kappa shape index (κ3) is 37.6. The summed E-state index contributed by atoms with van der Waals surface area (Å²) in [7, 11) is 4.14. The van der Waals surface area contributed by atoms with E-state index in [2.05, 4.69) is 45.0 Å². The van der Waals surface area contributed by atoms with E-state index in [0.717, 1.165) is 25.8 Å². The molecule has 0 aromatic carbocycles. The Morgan fingerprint density at radius 3 is 1.15 bits per heavy atom. The molecular weight excluding hydrogens is 562 g/mol. The molecule has 0 bridgehead atoms. The molecule has 0 aliphatic heterocycles. The van der Waals surface area contributed by atoms with E-state index in [-0.39, 0.29) is 12.1 Å². The maximum absolute atomic E-state index is 12.5. The molecule has 274 valence electrons. The van der Waals surface area contributed by atoms with Crippen molar-refractivity contribution in [1.29, 1.82) is 0 Å². The van der Waals surface area contributed by atoms with Crippen LogP contribution in [-0.2, 0) is 9.53 Å². The van der Waals surface area contributed by atoms with Crippen molar-refractivity contribution in [2.24, 2.45) is 0 Å². The first-order valence-corrected chi connectivity index (χ1v) is 21.1. The van der Waals surface area contributed by atoms with E-state index in [0.29, 0.717) is 6.42 Å². The van der Waals surface area contributed by atoms with Gasteiger partial charge in [-0.3, -0.25) is 4.79 Å². The number of carbonyl (C=O) groups excluding carboxylic acids is 1. The fourth-order valence-electron chi connectivity index (χ4n) is 6.59. The smallest absolute Gasteiger partial charge is 0.306 e. The van der Waals surface area contributed by atoms with Crippen LogP contribution in [0.1, 0.15) is 232 Å². The minimum absolute atomic E-state index is 0.0212. The van der Waals surface area contributed by atoms with Gasteiger partial charge in [-0.25, -0.2) is 0 Å². The van der Waals surface area contributed by atoms with Gasteiger partial charge in [0.2, 0.25) is 0 Å². The zero-order valence-corrected chi connectivity index (χ0v) is 32.2. The van der Waals surface area contributed by atoms with E-state index in [9.17, 15) is 4.79 Å². The fourth-order valence-corrected chi connectivity index (χ4v) is 6.59. The summed E-state index contributed by atoms with van der Waals surface area (Å²) < 4.78 is 6.02. The lowest BCUT2D eigenvalue weighted by Gasteiger charge is -2.18. The predicted octanol–water partition coefficient (Wildman–Crippen LogP) is 14.3. The van der Waals surface area contributed by atoms with Crippen LogP contribution in [0.5, 0.6) is 0 Å². The molecule has 1 atom stereocenters. The van der Waals surface area contributed by atoms with E-state index in [4.69, 9.17) is 4.74 Å². The van der Waals surface area contributed by atoms with E-state index in [1.54, 1.807) is 0 Å². The third-order valence-corrected chi connectivity index (χ3v) is 9.70. The summed E-state index contributed by atoms with van der Waals surface area (Å²) in [6, 6.07) is 0. The van der Waals surface area contributed by atoms with Crippen molar-refractivity contribution in [2.45, 2.75) is 238 Å². The topological polar surface area (TPSA) is 29.5 Å². The van der Waals surface area contributed by atoms with E-state index >= 15 is 0 Å². The number of unbranched alkanes of at least 4 members (excludes halogenated alkanes) is 27. The molecular formula is C43H85NO2. The average Bonchev–Trinajstić information content (AvgIpc) is 3.04. The standard InChI is InChI=1S/C43H85NO2/c1-5-7-9-11-13-15-17-19-21-23-25-27-29-31-33-35-38-42(46-43(45)40-37-41-44(3)4)39-36-34-32-30-28-26-24-22-20-18-16-14-12-10-8-6-2/h19,21,42H,5-18,20,22-41H2,1-4H3/b21-19-. The van der Waals surface area contributed by atoms with Gasteiger partial charge in [0.05, 0.1) is 0 Å². The molecule has 1 unspecified atom stereocenters. The highest BCUT2D eigenvalue weighted by molar-refractivity contribution is 5.69. The number of esters is 1. The summed E-state index contributed by atoms with van der Waals surface area (Å²) in [5, 5.41) is 0. The van der Waals surface area contributed by atoms with Crippen molar-refractivity contribution >= 4 is 5.97 Å². The fraction of sp³-hybridized carbons (Fsp3) is 0.930.